The number of hydrogen-bond donors (Lipinski definition) is 1. The standard InChI is InChI=1S/C9H23NSi/c10-8-6-4-2-1-3-5-7-9-11/h1-10H2,11H3. The van der Waals surface area contributed by atoms with Crippen molar-refractivity contribution in [2.24, 2.45) is 5.73 Å². The molecule has 0 aliphatic heterocycles. The minimum absolute atomic E-state index is 0.876. The Hall–Kier alpha value is 0.177. The van der Waals surface area contributed by atoms with E-state index in [0.717, 1.165) is 6.54 Å². The van der Waals surface area contributed by atoms with E-state index in [1.807, 2.05) is 0 Å². The Bertz CT molecular complexity index is 58.6. The molecule has 0 aromatic carbocycles. The van der Waals surface area contributed by atoms with Crippen LogP contribution in [0.15, 0.2) is 0 Å². The summed E-state index contributed by atoms with van der Waals surface area (Å²) in [6.45, 7) is 0.876. The van der Waals surface area contributed by atoms with Gasteiger partial charge in [0.05, 0.1) is 0 Å². The van der Waals surface area contributed by atoms with E-state index in [-0.39, 0.29) is 0 Å². The third kappa shape index (κ3) is 10.2. The maximum Gasteiger partial charge on any atom is 0.00279 e. The molecule has 0 aromatic rings. The highest BCUT2D eigenvalue weighted by Gasteiger charge is 1.89. The van der Waals surface area contributed by atoms with Crippen molar-refractivity contribution in [1.82, 2.24) is 0 Å². The SMILES string of the molecule is NCCCCCCCCC[SiH3]. The quantitative estimate of drug-likeness (QED) is 0.436. The first-order valence-electron chi connectivity index (χ1n) is 5.12. The molecule has 0 amide bonds. The highest BCUT2D eigenvalue weighted by atomic mass is 28.1. The normalized spacial score (nSPS) is 10.6. The molecule has 0 saturated carbocycles. The molecule has 0 atom stereocenters. The molecule has 0 aromatic heterocycles. The van der Waals surface area contributed by atoms with E-state index in [2.05, 4.69) is 0 Å². The number of unbranched alkanes of at least 4 members (excludes halogenated alkanes) is 6. The van der Waals surface area contributed by atoms with Crippen LogP contribution in [-0.4, -0.2) is 16.8 Å². The predicted octanol–water partition coefficient (Wildman–Crippen LogP) is 1.46. The zero-order valence-electron chi connectivity index (χ0n) is 7.94. The van der Waals surface area contributed by atoms with Crippen molar-refractivity contribution >= 4 is 10.2 Å². The molecule has 2 heteroatoms. The second kappa shape index (κ2) is 10.2. The van der Waals surface area contributed by atoms with E-state index in [4.69, 9.17) is 5.73 Å². The van der Waals surface area contributed by atoms with Gasteiger partial charge in [0.25, 0.3) is 0 Å². The third-order valence-corrected chi connectivity index (χ3v) is 2.76. The molecule has 0 fully saturated rings. The first-order chi connectivity index (χ1) is 5.41. The van der Waals surface area contributed by atoms with Crippen LogP contribution in [0.4, 0.5) is 0 Å². The van der Waals surface area contributed by atoms with Crippen molar-refractivity contribution in [2.45, 2.75) is 51.0 Å². The summed E-state index contributed by atoms with van der Waals surface area (Å²) < 4.78 is 0. The van der Waals surface area contributed by atoms with Gasteiger partial charge in [-0.1, -0.05) is 44.6 Å². The fourth-order valence-electron chi connectivity index (χ4n) is 1.28. The van der Waals surface area contributed by atoms with Gasteiger partial charge in [-0.15, -0.1) is 0 Å². The molecule has 1 nitrogen and oxygen atoms in total. The lowest BCUT2D eigenvalue weighted by Crippen LogP contribution is -1.97. The van der Waals surface area contributed by atoms with E-state index in [1.165, 1.54) is 61.2 Å². The molecule has 0 rings (SSSR count). The summed E-state index contributed by atoms with van der Waals surface area (Å²) in [5, 5.41) is 0. The molecule has 0 aliphatic carbocycles. The summed E-state index contributed by atoms with van der Waals surface area (Å²) in [5.41, 5.74) is 5.40. The largest absolute Gasteiger partial charge is 0.330 e. The summed E-state index contributed by atoms with van der Waals surface area (Å²) in [6.07, 6.45) is 9.79. The van der Waals surface area contributed by atoms with Crippen LogP contribution in [0.1, 0.15) is 44.9 Å². The Morgan fingerprint density at radius 3 is 1.64 bits per heavy atom. The van der Waals surface area contributed by atoms with Gasteiger partial charge in [-0.05, 0) is 13.0 Å². The first-order valence-corrected chi connectivity index (χ1v) is 6.53. The summed E-state index contributed by atoms with van der Waals surface area (Å²) in [4.78, 5) is 0. The summed E-state index contributed by atoms with van der Waals surface area (Å²) in [5.74, 6) is 0. The first kappa shape index (κ1) is 11.2. The second-order valence-corrected chi connectivity index (χ2v) is 4.26. The molecule has 68 valence electrons. The Morgan fingerprint density at radius 2 is 1.18 bits per heavy atom. The molecule has 0 saturated heterocycles. The average Bonchev–Trinajstić information content (AvgIpc) is 2.03. The van der Waals surface area contributed by atoms with Crippen LogP contribution >= 0.6 is 0 Å². The second-order valence-electron chi connectivity index (χ2n) is 3.26. The summed E-state index contributed by atoms with van der Waals surface area (Å²) in [6, 6.07) is 1.49. The van der Waals surface area contributed by atoms with Gasteiger partial charge in [-0.25, -0.2) is 0 Å². The lowest BCUT2D eigenvalue weighted by molar-refractivity contribution is 0.593. The van der Waals surface area contributed by atoms with Crippen LogP contribution in [0.3, 0.4) is 0 Å². The Morgan fingerprint density at radius 1 is 0.727 bits per heavy atom. The maximum absolute atomic E-state index is 5.40. The smallest absolute Gasteiger partial charge is 0.00279 e. The lowest BCUT2D eigenvalue weighted by Gasteiger charge is -1.99. The van der Waals surface area contributed by atoms with Crippen LogP contribution < -0.4 is 5.73 Å². The molecule has 0 radical (unpaired) electrons. The van der Waals surface area contributed by atoms with Crippen molar-refractivity contribution < 1.29 is 0 Å². The van der Waals surface area contributed by atoms with E-state index in [0.29, 0.717) is 0 Å². The van der Waals surface area contributed by atoms with Gasteiger partial charge in [0, 0.05) is 10.2 Å². The van der Waals surface area contributed by atoms with E-state index in [9.17, 15) is 0 Å². The van der Waals surface area contributed by atoms with Crippen LogP contribution in [0.5, 0.6) is 0 Å². The zero-order valence-corrected chi connectivity index (χ0v) is 9.94. The van der Waals surface area contributed by atoms with Gasteiger partial charge in [-0.3, -0.25) is 0 Å². The Kier molecular flexibility index (Phi) is 10.3. The third-order valence-electron chi connectivity index (χ3n) is 2.06. The van der Waals surface area contributed by atoms with E-state index in [1.54, 1.807) is 0 Å². The topological polar surface area (TPSA) is 26.0 Å². The van der Waals surface area contributed by atoms with Crippen molar-refractivity contribution in [2.75, 3.05) is 6.54 Å². The van der Waals surface area contributed by atoms with Crippen molar-refractivity contribution in [3.8, 4) is 0 Å². The molecule has 0 unspecified atom stereocenters. The fourth-order valence-corrected chi connectivity index (χ4v) is 1.78. The van der Waals surface area contributed by atoms with Gasteiger partial charge in [0.15, 0.2) is 0 Å². The number of hydrogen-bond acceptors (Lipinski definition) is 1. The predicted molar refractivity (Wildman–Crippen MR) is 56.1 cm³/mol. The molecule has 0 spiro atoms. The molecular formula is C9H23NSi. The molecule has 11 heavy (non-hydrogen) atoms. The van der Waals surface area contributed by atoms with Gasteiger partial charge >= 0.3 is 0 Å². The molecule has 0 bridgehead atoms. The van der Waals surface area contributed by atoms with Gasteiger partial charge in [0.2, 0.25) is 0 Å². The van der Waals surface area contributed by atoms with E-state index >= 15 is 0 Å². The zero-order chi connectivity index (χ0) is 8.36. The van der Waals surface area contributed by atoms with Crippen LogP contribution in [0.25, 0.3) is 0 Å². The van der Waals surface area contributed by atoms with Crippen LogP contribution in [-0.2, 0) is 0 Å². The van der Waals surface area contributed by atoms with Crippen molar-refractivity contribution in [1.29, 1.82) is 0 Å². The molecular weight excluding hydrogens is 150 g/mol. The summed E-state index contributed by atoms with van der Waals surface area (Å²) >= 11 is 0. The van der Waals surface area contributed by atoms with Crippen LogP contribution in [0.2, 0.25) is 6.04 Å². The van der Waals surface area contributed by atoms with Gasteiger partial charge in [0.1, 0.15) is 0 Å². The number of rotatable bonds is 8. The van der Waals surface area contributed by atoms with Crippen LogP contribution in [0, 0.1) is 0 Å². The van der Waals surface area contributed by atoms with Gasteiger partial charge in [-0.2, -0.15) is 0 Å². The minimum Gasteiger partial charge on any atom is -0.330 e. The Labute approximate surface area is 74.2 Å². The van der Waals surface area contributed by atoms with E-state index < -0.39 is 0 Å². The fraction of sp³-hybridized carbons (Fsp3) is 1.00. The monoisotopic (exact) mass is 173 g/mol. The average molecular weight is 173 g/mol. The van der Waals surface area contributed by atoms with Crippen molar-refractivity contribution in [3.63, 3.8) is 0 Å². The highest BCUT2D eigenvalue weighted by molar-refractivity contribution is 6.08. The summed E-state index contributed by atoms with van der Waals surface area (Å²) in [7, 11) is 1.39. The maximum atomic E-state index is 5.40. The number of nitrogens with two attached hydrogens (primary N) is 1. The molecule has 2 N–H and O–H groups in total. The van der Waals surface area contributed by atoms with Gasteiger partial charge < -0.3 is 5.73 Å². The van der Waals surface area contributed by atoms with Crippen molar-refractivity contribution in [3.05, 3.63) is 0 Å². The molecule has 0 heterocycles. The highest BCUT2D eigenvalue weighted by Crippen LogP contribution is 2.07. The lowest BCUT2D eigenvalue weighted by atomic mass is 10.1. The molecule has 0 aliphatic rings. The minimum atomic E-state index is 0.876. The Balaban J connectivity index is 2.69.